The molecule has 3 rings (SSSR count). The Labute approximate surface area is 120 Å². The number of fused-ring (bicyclic) bond motifs is 1. The van der Waals surface area contributed by atoms with Crippen molar-refractivity contribution >= 4 is 43.2 Å². The molecule has 0 radical (unpaired) electrons. The fraction of sp³-hybridized carbons (Fsp3) is 0.0769. The number of anilines is 1. The normalized spacial score (nSPS) is 12.1. The standard InChI is InChI=1S/C13H9ClFN3Se/c14-9-4-1-3-8(12(9)15)7-16-10-5-2-6-11-13(10)18-19-17-11/h1-6,16H,7H2. The molecular weight excluding hydrogens is 332 g/mol. The van der Waals surface area contributed by atoms with Crippen molar-refractivity contribution in [3.8, 4) is 0 Å². The Balaban J connectivity index is 1.83. The van der Waals surface area contributed by atoms with Crippen LogP contribution in [-0.2, 0) is 6.54 Å². The summed E-state index contributed by atoms with van der Waals surface area (Å²) in [5.74, 6) is -0.380. The molecular formula is C13H9ClFN3Se. The summed E-state index contributed by atoms with van der Waals surface area (Å²) in [6.07, 6.45) is 0. The van der Waals surface area contributed by atoms with E-state index in [0.717, 1.165) is 17.1 Å². The van der Waals surface area contributed by atoms with E-state index in [0.29, 0.717) is 12.1 Å². The monoisotopic (exact) mass is 341 g/mol. The van der Waals surface area contributed by atoms with Gasteiger partial charge in [0, 0.05) is 0 Å². The SMILES string of the molecule is Fc1c(Cl)cccc1CNc1cccc2c1N=[Se]=N2. The van der Waals surface area contributed by atoms with E-state index >= 15 is 0 Å². The molecule has 3 nitrogen and oxygen atoms in total. The van der Waals surface area contributed by atoms with Crippen LogP contribution in [0.2, 0.25) is 5.02 Å². The van der Waals surface area contributed by atoms with Crippen molar-refractivity contribution in [1.82, 2.24) is 0 Å². The molecule has 0 aromatic heterocycles. The summed E-state index contributed by atoms with van der Waals surface area (Å²) in [4.78, 5) is 0. The topological polar surface area (TPSA) is 36.8 Å². The Hall–Kier alpha value is -1.42. The van der Waals surface area contributed by atoms with Gasteiger partial charge in [0.25, 0.3) is 0 Å². The first-order valence-electron chi connectivity index (χ1n) is 5.64. The van der Waals surface area contributed by atoms with Crippen molar-refractivity contribution in [3.05, 3.63) is 52.8 Å². The maximum atomic E-state index is 13.8. The van der Waals surface area contributed by atoms with E-state index in [4.69, 9.17) is 11.6 Å². The van der Waals surface area contributed by atoms with E-state index in [1.165, 1.54) is 6.07 Å². The van der Waals surface area contributed by atoms with Crippen LogP contribution in [0.15, 0.2) is 44.3 Å². The summed E-state index contributed by atoms with van der Waals surface area (Å²) in [5, 5.41) is 3.33. The van der Waals surface area contributed by atoms with Gasteiger partial charge < -0.3 is 0 Å². The van der Waals surface area contributed by atoms with Gasteiger partial charge in [-0.2, -0.15) is 0 Å². The summed E-state index contributed by atoms with van der Waals surface area (Å²) >= 11 is 5.69. The van der Waals surface area contributed by atoms with E-state index in [2.05, 4.69) is 13.2 Å². The summed E-state index contributed by atoms with van der Waals surface area (Å²) in [7, 11) is 0. The maximum absolute atomic E-state index is 13.8. The van der Waals surface area contributed by atoms with Crippen LogP contribution in [0.5, 0.6) is 0 Å². The van der Waals surface area contributed by atoms with E-state index in [1.54, 1.807) is 12.1 Å². The van der Waals surface area contributed by atoms with Gasteiger partial charge in [0.05, 0.1) is 0 Å². The second kappa shape index (κ2) is 5.29. The Kier molecular flexibility index (Phi) is 3.51. The molecule has 6 heteroatoms. The molecule has 96 valence electrons. The number of hydrogen-bond donors (Lipinski definition) is 1. The molecule has 0 spiro atoms. The number of hydrogen-bond acceptors (Lipinski definition) is 3. The van der Waals surface area contributed by atoms with E-state index in [1.807, 2.05) is 18.2 Å². The molecule has 0 atom stereocenters. The number of rotatable bonds is 3. The van der Waals surface area contributed by atoms with Gasteiger partial charge in [-0.3, -0.25) is 0 Å². The molecule has 1 aliphatic rings. The summed E-state index contributed by atoms with van der Waals surface area (Å²) < 4.78 is 22.4. The first kappa shape index (κ1) is 12.6. The molecule has 0 fully saturated rings. The van der Waals surface area contributed by atoms with Gasteiger partial charge in [-0.1, -0.05) is 0 Å². The number of halogens is 2. The molecule has 0 bridgehead atoms. The first-order valence-corrected chi connectivity index (χ1v) is 7.55. The van der Waals surface area contributed by atoms with Crippen LogP contribution >= 0.6 is 11.6 Å². The molecule has 1 aliphatic heterocycles. The van der Waals surface area contributed by atoms with Crippen LogP contribution in [0.1, 0.15) is 5.56 Å². The van der Waals surface area contributed by atoms with Gasteiger partial charge >= 0.3 is 120 Å². The second-order valence-corrected chi connectivity index (χ2v) is 5.52. The Bertz CT molecular complexity index is 711. The second-order valence-electron chi connectivity index (χ2n) is 4.00. The predicted molar refractivity (Wildman–Crippen MR) is 75.1 cm³/mol. The molecule has 0 aliphatic carbocycles. The molecule has 0 amide bonds. The molecule has 19 heavy (non-hydrogen) atoms. The van der Waals surface area contributed by atoms with Crippen LogP contribution in [0.25, 0.3) is 0 Å². The van der Waals surface area contributed by atoms with Gasteiger partial charge in [0.1, 0.15) is 0 Å². The van der Waals surface area contributed by atoms with Crippen LogP contribution in [0.3, 0.4) is 0 Å². The van der Waals surface area contributed by atoms with Crippen LogP contribution in [0.4, 0.5) is 21.5 Å². The summed E-state index contributed by atoms with van der Waals surface area (Å²) in [6.45, 7) is 0.366. The first-order chi connectivity index (χ1) is 9.25. The van der Waals surface area contributed by atoms with Gasteiger partial charge in [-0.15, -0.1) is 0 Å². The van der Waals surface area contributed by atoms with Crippen LogP contribution < -0.4 is 5.32 Å². The van der Waals surface area contributed by atoms with Crippen LogP contribution in [0, 0.1) is 5.82 Å². The molecule has 2 aromatic carbocycles. The van der Waals surface area contributed by atoms with Crippen LogP contribution in [-0.4, -0.2) is 14.6 Å². The predicted octanol–water partition coefficient (Wildman–Crippen LogP) is 4.44. The Morgan fingerprint density at radius 3 is 2.89 bits per heavy atom. The van der Waals surface area contributed by atoms with E-state index in [9.17, 15) is 4.39 Å². The van der Waals surface area contributed by atoms with Gasteiger partial charge in [0.15, 0.2) is 0 Å². The molecule has 1 heterocycles. The summed E-state index contributed by atoms with van der Waals surface area (Å²) in [6, 6.07) is 10.7. The minimum absolute atomic E-state index is 0.0680. The third kappa shape index (κ3) is 2.50. The van der Waals surface area contributed by atoms with Crippen molar-refractivity contribution in [3.63, 3.8) is 0 Å². The van der Waals surface area contributed by atoms with Gasteiger partial charge in [0.2, 0.25) is 0 Å². The average molecular weight is 341 g/mol. The third-order valence-corrected chi connectivity index (χ3v) is 4.22. The molecule has 0 saturated carbocycles. The van der Waals surface area contributed by atoms with Crippen molar-refractivity contribution in [2.45, 2.75) is 6.54 Å². The molecule has 0 saturated heterocycles. The van der Waals surface area contributed by atoms with Crippen molar-refractivity contribution in [2.24, 2.45) is 7.92 Å². The number of nitrogens with zero attached hydrogens (tertiary/aromatic N) is 2. The average Bonchev–Trinajstić information content (AvgIpc) is 2.89. The molecule has 0 unspecified atom stereocenters. The van der Waals surface area contributed by atoms with E-state index in [-0.39, 0.29) is 25.4 Å². The fourth-order valence-corrected chi connectivity index (χ4v) is 3.17. The third-order valence-electron chi connectivity index (χ3n) is 2.79. The Morgan fingerprint density at radius 1 is 1.16 bits per heavy atom. The van der Waals surface area contributed by atoms with Crippen molar-refractivity contribution in [2.75, 3.05) is 5.32 Å². The zero-order valence-corrected chi connectivity index (χ0v) is 12.2. The van der Waals surface area contributed by atoms with Crippen molar-refractivity contribution in [1.29, 1.82) is 0 Å². The van der Waals surface area contributed by atoms with Gasteiger partial charge in [-0.05, 0) is 0 Å². The minimum atomic E-state index is -0.380. The van der Waals surface area contributed by atoms with Crippen molar-refractivity contribution < 1.29 is 4.39 Å². The Morgan fingerprint density at radius 2 is 2.00 bits per heavy atom. The quantitative estimate of drug-likeness (QED) is 0.703. The fourth-order valence-electron chi connectivity index (χ4n) is 1.82. The molecule has 2 aromatic rings. The zero-order valence-electron chi connectivity index (χ0n) is 9.73. The number of benzene rings is 2. The summed E-state index contributed by atoms with van der Waals surface area (Å²) in [5.41, 5.74) is 3.17. The van der Waals surface area contributed by atoms with E-state index < -0.39 is 0 Å². The molecule has 1 N–H and O–H groups in total. The zero-order chi connectivity index (χ0) is 13.2. The van der Waals surface area contributed by atoms with Gasteiger partial charge in [-0.25, -0.2) is 0 Å². The number of nitrogens with one attached hydrogen (secondary N) is 1.